The van der Waals surface area contributed by atoms with Crippen LogP contribution in [0.25, 0.3) is 22.4 Å². The fraction of sp³-hybridized carbons (Fsp3) is 0. The van der Waals surface area contributed by atoms with E-state index in [1.54, 1.807) is 24.3 Å². The number of nitrogen functional groups attached to an aromatic ring is 1. The molecule has 0 unspecified atom stereocenters. The number of nitrogens with one attached hydrogen (secondary N) is 1. The second-order valence-electron chi connectivity index (χ2n) is 3.98. The number of rotatable bonds is 1. The summed E-state index contributed by atoms with van der Waals surface area (Å²) in [6.07, 6.45) is 0. The molecule has 3 nitrogen and oxygen atoms in total. The molecule has 3 aromatic rings. The van der Waals surface area contributed by atoms with Crippen LogP contribution >= 0.6 is 11.6 Å². The normalized spacial score (nSPS) is 11.0. The van der Waals surface area contributed by atoms with Crippen LogP contribution < -0.4 is 5.73 Å². The molecule has 0 atom stereocenters. The van der Waals surface area contributed by atoms with Crippen LogP contribution in [0.5, 0.6) is 0 Å². The van der Waals surface area contributed by atoms with Crippen molar-refractivity contribution in [1.29, 1.82) is 0 Å². The molecule has 3 N–H and O–H groups in total. The zero-order chi connectivity index (χ0) is 12.7. The largest absolute Gasteiger partial charge is 0.398 e. The summed E-state index contributed by atoms with van der Waals surface area (Å²) >= 11 is 5.84. The van der Waals surface area contributed by atoms with E-state index in [0.29, 0.717) is 27.6 Å². The Labute approximate surface area is 107 Å². The van der Waals surface area contributed by atoms with E-state index in [1.165, 1.54) is 12.1 Å². The smallest absolute Gasteiger partial charge is 0.140 e. The van der Waals surface area contributed by atoms with Gasteiger partial charge in [-0.15, -0.1) is 0 Å². The average Bonchev–Trinajstić information content (AvgIpc) is 2.71. The summed E-state index contributed by atoms with van der Waals surface area (Å²) in [5, 5.41) is 0.568. The lowest BCUT2D eigenvalue weighted by Crippen LogP contribution is -1.90. The first kappa shape index (κ1) is 11.0. The van der Waals surface area contributed by atoms with E-state index < -0.39 is 0 Å². The van der Waals surface area contributed by atoms with E-state index in [-0.39, 0.29) is 5.82 Å². The zero-order valence-corrected chi connectivity index (χ0v) is 10.0. The molecule has 3 rings (SSSR count). The van der Waals surface area contributed by atoms with Gasteiger partial charge < -0.3 is 10.7 Å². The number of H-pyrrole nitrogens is 1. The van der Waals surface area contributed by atoms with Crippen molar-refractivity contribution in [3.8, 4) is 11.4 Å². The Hall–Kier alpha value is -2.07. The molecule has 90 valence electrons. The van der Waals surface area contributed by atoms with Crippen molar-refractivity contribution in [2.24, 2.45) is 0 Å². The second kappa shape index (κ2) is 3.99. The van der Waals surface area contributed by atoms with Gasteiger partial charge in [0.1, 0.15) is 11.6 Å². The highest BCUT2D eigenvalue weighted by Gasteiger charge is 2.09. The topological polar surface area (TPSA) is 54.7 Å². The van der Waals surface area contributed by atoms with Crippen LogP contribution in [0, 0.1) is 5.82 Å². The van der Waals surface area contributed by atoms with Gasteiger partial charge in [-0.2, -0.15) is 0 Å². The number of fused-ring (bicyclic) bond motifs is 1. The van der Waals surface area contributed by atoms with Gasteiger partial charge in [0, 0.05) is 16.3 Å². The maximum absolute atomic E-state index is 13.1. The molecule has 5 heteroatoms. The third-order valence-electron chi connectivity index (χ3n) is 2.71. The van der Waals surface area contributed by atoms with Gasteiger partial charge in [-0.05, 0) is 36.4 Å². The Morgan fingerprint density at radius 1 is 1.17 bits per heavy atom. The number of aromatic nitrogens is 2. The number of nitrogens with zero attached hydrogens (tertiary/aromatic N) is 1. The van der Waals surface area contributed by atoms with Crippen LogP contribution in [0.2, 0.25) is 5.02 Å². The molecule has 1 aromatic heterocycles. The van der Waals surface area contributed by atoms with E-state index in [2.05, 4.69) is 9.97 Å². The minimum Gasteiger partial charge on any atom is -0.398 e. The first-order chi connectivity index (χ1) is 8.63. The van der Waals surface area contributed by atoms with Crippen molar-refractivity contribution in [3.63, 3.8) is 0 Å². The highest BCUT2D eigenvalue weighted by atomic mass is 35.5. The van der Waals surface area contributed by atoms with Crippen LogP contribution in [0.15, 0.2) is 36.4 Å². The first-order valence-electron chi connectivity index (χ1n) is 5.34. The fourth-order valence-corrected chi connectivity index (χ4v) is 2.04. The Morgan fingerprint density at radius 3 is 2.78 bits per heavy atom. The van der Waals surface area contributed by atoms with Gasteiger partial charge in [0.05, 0.1) is 11.0 Å². The zero-order valence-electron chi connectivity index (χ0n) is 9.24. The van der Waals surface area contributed by atoms with Crippen LogP contribution in [-0.2, 0) is 0 Å². The number of halogens is 2. The SMILES string of the molecule is Nc1cc(Cl)ccc1-c1nc2ccc(F)cc2[nH]1. The van der Waals surface area contributed by atoms with E-state index in [0.717, 1.165) is 5.56 Å². The summed E-state index contributed by atoms with van der Waals surface area (Å²) in [5.41, 5.74) is 8.50. The number of nitrogens with two attached hydrogens (primary N) is 1. The average molecular weight is 262 g/mol. The second-order valence-corrected chi connectivity index (χ2v) is 4.41. The number of imidazole rings is 1. The van der Waals surface area contributed by atoms with Gasteiger partial charge in [-0.25, -0.2) is 9.37 Å². The fourth-order valence-electron chi connectivity index (χ4n) is 1.86. The van der Waals surface area contributed by atoms with E-state index >= 15 is 0 Å². The standard InChI is InChI=1S/C13H9ClFN3/c14-7-1-3-9(10(16)5-7)13-17-11-4-2-8(15)6-12(11)18-13/h1-6H,16H2,(H,17,18). The molecule has 0 saturated heterocycles. The number of benzene rings is 2. The quantitative estimate of drug-likeness (QED) is 0.658. The Balaban J connectivity index is 2.19. The lowest BCUT2D eigenvalue weighted by atomic mass is 10.2. The maximum Gasteiger partial charge on any atom is 0.140 e. The van der Waals surface area contributed by atoms with Gasteiger partial charge in [0.15, 0.2) is 0 Å². The molecule has 0 spiro atoms. The maximum atomic E-state index is 13.1. The molecule has 18 heavy (non-hydrogen) atoms. The molecule has 0 aliphatic heterocycles. The highest BCUT2D eigenvalue weighted by molar-refractivity contribution is 6.31. The molecule has 1 heterocycles. The van der Waals surface area contributed by atoms with Crippen molar-refractivity contribution in [2.75, 3.05) is 5.73 Å². The Bertz CT molecular complexity index is 736. The Kier molecular flexibility index (Phi) is 2.45. The third kappa shape index (κ3) is 1.80. The third-order valence-corrected chi connectivity index (χ3v) is 2.95. The predicted octanol–water partition coefficient (Wildman–Crippen LogP) is 3.60. The van der Waals surface area contributed by atoms with Crippen molar-refractivity contribution >= 4 is 28.3 Å². The summed E-state index contributed by atoms with van der Waals surface area (Å²) in [6, 6.07) is 9.57. The monoisotopic (exact) mass is 261 g/mol. The molecule has 0 fully saturated rings. The lowest BCUT2D eigenvalue weighted by Gasteiger charge is -2.02. The van der Waals surface area contributed by atoms with Crippen molar-refractivity contribution in [3.05, 3.63) is 47.2 Å². The molecule has 0 amide bonds. The first-order valence-corrected chi connectivity index (χ1v) is 5.72. The summed E-state index contributed by atoms with van der Waals surface area (Å²) in [6.45, 7) is 0. The minimum atomic E-state index is -0.304. The number of aromatic amines is 1. The molecular formula is C13H9ClFN3. The number of hydrogen-bond acceptors (Lipinski definition) is 2. The van der Waals surface area contributed by atoms with E-state index in [4.69, 9.17) is 17.3 Å². The molecule has 0 aliphatic rings. The summed E-state index contributed by atoms with van der Waals surface area (Å²) < 4.78 is 13.1. The van der Waals surface area contributed by atoms with Crippen molar-refractivity contribution < 1.29 is 4.39 Å². The predicted molar refractivity (Wildman–Crippen MR) is 70.9 cm³/mol. The number of anilines is 1. The van der Waals surface area contributed by atoms with Crippen LogP contribution in [-0.4, -0.2) is 9.97 Å². The molecule has 0 aliphatic carbocycles. The molecule has 0 bridgehead atoms. The van der Waals surface area contributed by atoms with Gasteiger partial charge >= 0.3 is 0 Å². The lowest BCUT2D eigenvalue weighted by molar-refractivity contribution is 0.629. The van der Waals surface area contributed by atoms with Crippen molar-refractivity contribution in [2.45, 2.75) is 0 Å². The van der Waals surface area contributed by atoms with Crippen molar-refractivity contribution in [1.82, 2.24) is 9.97 Å². The highest BCUT2D eigenvalue weighted by Crippen LogP contribution is 2.28. The van der Waals surface area contributed by atoms with Gasteiger partial charge in [0.2, 0.25) is 0 Å². The van der Waals surface area contributed by atoms with E-state index in [1.807, 2.05) is 0 Å². The Morgan fingerprint density at radius 2 is 2.00 bits per heavy atom. The molecule has 0 radical (unpaired) electrons. The molecular weight excluding hydrogens is 253 g/mol. The van der Waals surface area contributed by atoms with Gasteiger partial charge in [0.25, 0.3) is 0 Å². The number of hydrogen-bond donors (Lipinski definition) is 2. The molecule has 0 saturated carbocycles. The van der Waals surface area contributed by atoms with Crippen LogP contribution in [0.4, 0.5) is 10.1 Å². The minimum absolute atomic E-state index is 0.304. The van der Waals surface area contributed by atoms with Crippen LogP contribution in [0.1, 0.15) is 0 Å². The van der Waals surface area contributed by atoms with Crippen LogP contribution in [0.3, 0.4) is 0 Å². The summed E-state index contributed by atoms with van der Waals surface area (Å²) in [4.78, 5) is 7.41. The van der Waals surface area contributed by atoms with E-state index in [9.17, 15) is 4.39 Å². The van der Waals surface area contributed by atoms with Gasteiger partial charge in [-0.1, -0.05) is 11.6 Å². The molecule has 2 aromatic carbocycles. The summed E-state index contributed by atoms with van der Waals surface area (Å²) in [7, 11) is 0. The van der Waals surface area contributed by atoms with Gasteiger partial charge in [-0.3, -0.25) is 0 Å². The summed E-state index contributed by atoms with van der Waals surface area (Å²) in [5.74, 6) is 0.298.